The van der Waals surface area contributed by atoms with Crippen molar-refractivity contribution in [3.63, 3.8) is 0 Å². The predicted octanol–water partition coefficient (Wildman–Crippen LogP) is 0.200. The molecule has 8 rings (SSSR count). The maximum absolute atomic E-state index is 13.5. The molecule has 0 aliphatic carbocycles. The van der Waals surface area contributed by atoms with E-state index >= 15 is 0 Å². The average Bonchev–Trinajstić information content (AvgIpc) is 3.30. The molecule has 2 aromatic heterocycles. The van der Waals surface area contributed by atoms with Gasteiger partial charge < -0.3 is 104 Å². The second-order valence-corrected chi connectivity index (χ2v) is 15.2. The Kier molecular flexibility index (Phi) is 12.2. The standard InChI is InChI=1S/C43H40O23/c1-59-17-9-26-30-18(11-24(60-26)14-2-3-19(46)25(8-14)62-42-37(57)35(55)33(53)28(12-44)63-42)39(38(61-27(30)10-17)15-4-20(47)31(51)21(48)5-15)66-43-40(36(56)34(54)29(13-45)64-43)65-41(58)16-6-22(49)32(52)23(50)7-16/h2-11,28-29,33-37,40,42-45,53-57H,12-13H2,1H3,(H6-,46,47,48,49,50,51,52,58)/p+1/t28-,29-,33-,34+,35+,36+,37-,40-,42-,43+/m1/s1. The van der Waals surface area contributed by atoms with E-state index in [1.54, 1.807) is 0 Å². The molecular formula is C43H41O23+. The number of benzene rings is 4. The predicted molar refractivity (Wildman–Crippen MR) is 219 cm³/mol. The quantitative estimate of drug-likeness (QED) is 0.0496. The summed E-state index contributed by atoms with van der Waals surface area (Å²) in [6.07, 6.45) is -18.1. The van der Waals surface area contributed by atoms with Gasteiger partial charge in [0.25, 0.3) is 7.11 Å². The topological polar surface area (TPSA) is 384 Å². The number of aromatic hydroxyl groups is 7. The number of hydrogen-bond donors (Lipinski definition) is 14. The second kappa shape index (κ2) is 17.7. The number of carbonyl (C=O) groups excluding carboxylic acids is 1. The van der Waals surface area contributed by atoms with E-state index in [1.807, 2.05) is 0 Å². The fraction of sp³-hybridized carbons (Fsp3) is 0.302. The van der Waals surface area contributed by atoms with Crippen molar-refractivity contribution in [2.24, 2.45) is 0 Å². The summed E-state index contributed by atoms with van der Waals surface area (Å²) < 4.78 is 47.2. The molecule has 350 valence electrons. The van der Waals surface area contributed by atoms with Gasteiger partial charge >= 0.3 is 11.4 Å². The van der Waals surface area contributed by atoms with Crippen LogP contribution in [0.1, 0.15) is 10.4 Å². The van der Waals surface area contributed by atoms with Gasteiger partial charge in [-0.2, -0.15) is 0 Å². The summed E-state index contributed by atoms with van der Waals surface area (Å²) >= 11 is 0. The van der Waals surface area contributed by atoms with Gasteiger partial charge in [0.15, 0.2) is 63.6 Å². The van der Waals surface area contributed by atoms with E-state index in [9.17, 15) is 76.3 Å². The summed E-state index contributed by atoms with van der Waals surface area (Å²) in [7, 11) is 1.34. The van der Waals surface area contributed by atoms with E-state index in [0.717, 1.165) is 24.3 Å². The highest BCUT2D eigenvalue weighted by Gasteiger charge is 2.49. The molecule has 2 fully saturated rings. The van der Waals surface area contributed by atoms with Gasteiger partial charge in [-0.3, -0.25) is 4.42 Å². The fourth-order valence-electron chi connectivity index (χ4n) is 7.46. The third-order valence-electron chi connectivity index (χ3n) is 11.0. The van der Waals surface area contributed by atoms with Crippen molar-refractivity contribution in [3.05, 3.63) is 76.1 Å². The van der Waals surface area contributed by atoms with Crippen molar-refractivity contribution in [3.8, 4) is 74.4 Å². The molecule has 2 aliphatic heterocycles. The molecule has 0 bridgehead atoms. The van der Waals surface area contributed by atoms with Gasteiger partial charge in [0.1, 0.15) is 59.7 Å². The van der Waals surface area contributed by atoms with Crippen LogP contribution in [0.25, 0.3) is 44.6 Å². The molecule has 23 heteroatoms. The molecule has 66 heavy (non-hydrogen) atoms. The summed E-state index contributed by atoms with van der Waals surface area (Å²) in [4.78, 5) is 13.5. The van der Waals surface area contributed by atoms with Gasteiger partial charge in [0.2, 0.25) is 12.6 Å². The molecule has 2 saturated heterocycles. The number of aliphatic hydroxyl groups is 7. The summed E-state index contributed by atoms with van der Waals surface area (Å²) in [6, 6.07) is 11.4. The van der Waals surface area contributed by atoms with Crippen LogP contribution >= 0.6 is 0 Å². The van der Waals surface area contributed by atoms with Crippen LogP contribution in [0.15, 0.2) is 73.9 Å². The molecule has 23 nitrogen and oxygen atoms in total. The zero-order valence-electron chi connectivity index (χ0n) is 33.9. The Morgan fingerprint density at radius 3 is 1.80 bits per heavy atom. The first-order valence-electron chi connectivity index (χ1n) is 19.6. The van der Waals surface area contributed by atoms with E-state index in [2.05, 4.69) is 0 Å². The van der Waals surface area contributed by atoms with Gasteiger partial charge in [-0.1, -0.05) is 0 Å². The first-order chi connectivity index (χ1) is 31.4. The van der Waals surface area contributed by atoms with Crippen LogP contribution in [0.2, 0.25) is 0 Å². The van der Waals surface area contributed by atoms with Gasteiger partial charge in [0.05, 0.1) is 36.3 Å². The number of carbonyl (C=O) groups is 1. The number of rotatable bonds is 10. The highest BCUT2D eigenvalue weighted by molar-refractivity contribution is 6.10. The molecule has 4 heterocycles. The first-order valence-corrected chi connectivity index (χ1v) is 19.6. The molecule has 0 saturated carbocycles. The van der Waals surface area contributed by atoms with Crippen molar-refractivity contribution in [2.75, 3.05) is 20.3 Å². The van der Waals surface area contributed by atoms with E-state index in [-0.39, 0.29) is 55.8 Å². The van der Waals surface area contributed by atoms with Gasteiger partial charge in [-0.25, -0.2) is 4.79 Å². The zero-order chi connectivity index (χ0) is 47.5. The Balaban J connectivity index is 1.32. The Bertz CT molecular complexity index is 2840. The Hall–Kier alpha value is -7.06. The lowest BCUT2D eigenvalue weighted by atomic mass is 9.98. The maximum Gasteiger partial charge on any atom is 0.350 e. The fourth-order valence-corrected chi connectivity index (χ4v) is 7.46. The molecule has 6 aromatic rings. The molecule has 10 atom stereocenters. The number of hydrogen-bond acceptors (Lipinski definition) is 22. The lowest BCUT2D eigenvalue weighted by Crippen LogP contribution is -2.61. The highest BCUT2D eigenvalue weighted by Crippen LogP contribution is 2.48. The number of phenolic OH excluding ortho intramolecular Hbond substituents is 7. The summed E-state index contributed by atoms with van der Waals surface area (Å²) in [5, 5.41) is 146. The van der Waals surface area contributed by atoms with Crippen LogP contribution in [0, 0.1) is 0 Å². The van der Waals surface area contributed by atoms with Gasteiger partial charge in [-0.05, 0) is 48.5 Å². The number of ether oxygens (including phenoxy) is 5. The first kappa shape index (κ1) is 45.5. The minimum atomic E-state index is -2.09. The number of phenols is 7. The third-order valence-corrected chi connectivity index (χ3v) is 11.0. The Labute approximate surface area is 368 Å². The molecule has 0 radical (unpaired) electrons. The Morgan fingerprint density at radius 2 is 1.20 bits per heavy atom. The van der Waals surface area contributed by atoms with Crippen LogP contribution in [-0.4, -0.2) is 159 Å². The SMILES string of the molecule is C[O+]=c1cc2oc(-c3ccc(O)c(O[C@@H]4O[C@H](CO)[C@@H](O)[C@H](O)[C@H]4O)c3)cc3c(O[C@@H]4O[C@H](CO)[C@H](O)[C@H](O)[C@H]4OC(=O)c4cc(O)c(O)c(O)c4)c(-c4cc(O)c(O)c(O)c4)oc(c1)c23. The van der Waals surface area contributed by atoms with Crippen LogP contribution < -0.4 is 14.9 Å². The van der Waals surface area contributed by atoms with Crippen molar-refractivity contribution in [2.45, 2.75) is 61.4 Å². The van der Waals surface area contributed by atoms with Crippen LogP contribution in [0.3, 0.4) is 0 Å². The van der Waals surface area contributed by atoms with Crippen molar-refractivity contribution in [1.82, 2.24) is 0 Å². The highest BCUT2D eigenvalue weighted by atomic mass is 16.7. The summed E-state index contributed by atoms with van der Waals surface area (Å²) in [5.74, 6) is -8.39. The van der Waals surface area contributed by atoms with E-state index in [0.29, 0.717) is 0 Å². The number of esters is 1. The summed E-state index contributed by atoms with van der Waals surface area (Å²) in [6.45, 7) is -1.69. The molecular weight excluding hydrogens is 884 g/mol. The zero-order valence-corrected chi connectivity index (χ0v) is 33.9. The summed E-state index contributed by atoms with van der Waals surface area (Å²) in [5.41, 5.74) is -0.419. The normalized spacial score (nSPS) is 25.8. The monoisotopic (exact) mass is 925 g/mol. The lowest BCUT2D eigenvalue weighted by Gasteiger charge is -2.41. The van der Waals surface area contributed by atoms with Crippen LogP contribution in [0.5, 0.6) is 51.7 Å². The molecule has 14 N–H and O–H groups in total. The van der Waals surface area contributed by atoms with Gasteiger partial charge in [0, 0.05) is 16.5 Å². The van der Waals surface area contributed by atoms with Crippen LogP contribution in [-0.2, 0) is 14.2 Å². The smallest absolute Gasteiger partial charge is 0.350 e. The van der Waals surface area contributed by atoms with E-state index in [4.69, 9.17) is 36.9 Å². The van der Waals surface area contributed by atoms with Gasteiger partial charge in [-0.15, -0.1) is 0 Å². The molecule has 4 aromatic carbocycles. The maximum atomic E-state index is 13.5. The van der Waals surface area contributed by atoms with E-state index in [1.165, 1.54) is 43.5 Å². The second-order valence-electron chi connectivity index (χ2n) is 15.2. The molecule has 0 amide bonds. The Morgan fingerprint density at radius 1 is 0.621 bits per heavy atom. The lowest BCUT2D eigenvalue weighted by molar-refractivity contribution is -0.277. The molecule has 0 unspecified atom stereocenters. The van der Waals surface area contributed by atoms with Crippen LogP contribution in [0.4, 0.5) is 0 Å². The number of aliphatic hydroxyl groups excluding tert-OH is 7. The minimum absolute atomic E-state index is 0.00424. The third kappa shape index (κ3) is 8.14. The van der Waals surface area contributed by atoms with Crippen molar-refractivity contribution < 1.29 is 109 Å². The molecule has 0 spiro atoms. The van der Waals surface area contributed by atoms with E-state index < -0.39 is 132 Å². The average molecular weight is 926 g/mol. The largest absolute Gasteiger partial charge is 0.504 e. The van der Waals surface area contributed by atoms with Crippen molar-refractivity contribution in [1.29, 1.82) is 0 Å². The van der Waals surface area contributed by atoms with Crippen molar-refractivity contribution >= 4 is 27.9 Å². The minimum Gasteiger partial charge on any atom is -0.504 e. The molecule has 2 aliphatic rings.